The van der Waals surface area contributed by atoms with Crippen LogP contribution in [0.5, 0.6) is 0 Å². The minimum absolute atomic E-state index is 0.519. The molecule has 0 aliphatic carbocycles. The van der Waals surface area contributed by atoms with Crippen LogP contribution in [0.3, 0.4) is 0 Å². The van der Waals surface area contributed by atoms with Gasteiger partial charge in [-0.2, -0.15) is 0 Å². The Kier molecular flexibility index (Phi) is 4.65. The molecule has 0 amide bonds. The number of benzene rings is 1. The van der Waals surface area contributed by atoms with Gasteiger partial charge in [-0.3, -0.25) is 4.40 Å². The van der Waals surface area contributed by atoms with E-state index in [9.17, 15) is 0 Å². The molecular formula is C22H28N6. The van der Waals surface area contributed by atoms with E-state index >= 15 is 0 Å². The first-order valence-corrected chi connectivity index (χ1v) is 10.0. The second-order valence-corrected chi connectivity index (χ2v) is 8.51. The smallest absolute Gasteiger partial charge is 0.182 e. The van der Waals surface area contributed by atoms with Crippen LogP contribution >= 0.6 is 0 Å². The van der Waals surface area contributed by atoms with Crippen LogP contribution in [0.2, 0.25) is 0 Å². The highest BCUT2D eigenvalue weighted by Crippen LogP contribution is 2.24. The maximum Gasteiger partial charge on any atom is 0.182 e. The molecule has 0 unspecified atom stereocenters. The van der Waals surface area contributed by atoms with Crippen molar-refractivity contribution in [2.75, 3.05) is 0 Å². The van der Waals surface area contributed by atoms with E-state index in [4.69, 9.17) is 9.97 Å². The zero-order valence-corrected chi connectivity index (χ0v) is 17.6. The number of imidazole rings is 2. The lowest BCUT2D eigenvalue weighted by atomic mass is 10.1. The van der Waals surface area contributed by atoms with Crippen LogP contribution in [0.15, 0.2) is 24.4 Å². The van der Waals surface area contributed by atoms with Gasteiger partial charge in [0, 0.05) is 24.7 Å². The van der Waals surface area contributed by atoms with Gasteiger partial charge in [0.25, 0.3) is 0 Å². The third kappa shape index (κ3) is 3.28. The molecule has 0 saturated heterocycles. The molecule has 0 aliphatic heterocycles. The fourth-order valence-electron chi connectivity index (χ4n) is 3.76. The summed E-state index contributed by atoms with van der Waals surface area (Å²) in [6.45, 7) is 12.9. The number of rotatable bonds is 5. The van der Waals surface area contributed by atoms with E-state index in [-0.39, 0.29) is 0 Å². The van der Waals surface area contributed by atoms with Crippen molar-refractivity contribution in [1.29, 1.82) is 0 Å². The molecular weight excluding hydrogens is 348 g/mol. The third-order valence-corrected chi connectivity index (χ3v) is 4.90. The summed E-state index contributed by atoms with van der Waals surface area (Å²) >= 11 is 0. The summed E-state index contributed by atoms with van der Waals surface area (Å²) < 4.78 is 4.38. The molecule has 6 heteroatoms. The van der Waals surface area contributed by atoms with Gasteiger partial charge in [0.1, 0.15) is 17.2 Å². The highest BCUT2D eigenvalue weighted by molar-refractivity contribution is 5.79. The fraction of sp³-hybridized carbons (Fsp3) is 0.455. The summed E-state index contributed by atoms with van der Waals surface area (Å²) in [6, 6.07) is 6.33. The van der Waals surface area contributed by atoms with Crippen LogP contribution in [0.4, 0.5) is 0 Å². The van der Waals surface area contributed by atoms with Crippen molar-refractivity contribution in [2.24, 2.45) is 11.8 Å². The standard InChI is InChI=1S/C22H28N6/c1-13(2)9-20-23-15(5)12-27(20)17-7-8-18-19(11-17)28-21(10-14(3)4)24-16(6)22(28)26-25-18/h7-8,11-14H,9-10H2,1-6H3. The molecule has 1 aromatic carbocycles. The molecule has 0 N–H and O–H groups in total. The predicted molar refractivity (Wildman–Crippen MR) is 112 cm³/mol. The van der Waals surface area contributed by atoms with E-state index < -0.39 is 0 Å². The second kappa shape index (κ2) is 7.00. The Morgan fingerprint density at radius 1 is 0.893 bits per heavy atom. The molecule has 146 valence electrons. The highest BCUT2D eigenvalue weighted by atomic mass is 15.2. The summed E-state index contributed by atoms with van der Waals surface area (Å²) in [5, 5.41) is 8.87. The van der Waals surface area contributed by atoms with Gasteiger partial charge in [-0.25, -0.2) is 9.97 Å². The van der Waals surface area contributed by atoms with Gasteiger partial charge < -0.3 is 4.57 Å². The van der Waals surface area contributed by atoms with Crippen molar-refractivity contribution in [3.63, 3.8) is 0 Å². The Morgan fingerprint density at radius 2 is 1.61 bits per heavy atom. The lowest BCUT2D eigenvalue weighted by Crippen LogP contribution is -2.06. The van der Waals surface area contributed by atoms with Gasteiger partial charge in [0.15, 0.2) is 5.65 Å². The first-order chi connectivity index (χ1) is 13.3. The molecule has 4 rings (SSSR count). The Hall–Kier alpha value is -2.76. The lowest BCUT2D eigenvalue weighted by Gasteiger charge is -2.12. The zero-order valence-electron chi connectivity index (χ0n) is 17.6. The Labute approximate surface area is 165 Å². The molecule has 4 aromatic rings. The molecule has 3 heterocycles. The van der Waals surface area contributed by atoms with E-state index in [0.29, 0.717) is 11.8 Å². The van der Waals surface area contributed by atoms with Crippen molar-refractivity contribution in [2.45, 2.75) is 54.4 Å². The minimum Gasteiger partial charge on any atom is -0.303 e. The molecule has 0 spiro atoms. The van der Waals surface area contributed by atoms with Crippen molar-refractivity contribution >= 4 is 16.7 Å². The average Bonchev–Trinajstić information content (AvgIpc) is 3.13. The van der Waals surface area contributed by atoms with E-state index in [2.05, 4.69) is 65.2 Å². The van der Waals surface area contributed by atoms with Crippen molar-refractivity contribution < 1.29 is 0 Å². The van der Waals surface area contributed by atoms with E-state index in [0.717, 1.165) is 58.2 Å². The lowest BCUT2D eigenvalue weighted by molar-refractivity contribution is 0.613. The van der Waals surface area contributed by atoms with Gasteiger partial charge >= 0.3 is 0 Å². The van der Waals surface area contributed by atoms with Crippen LogP contribution in [-0.2, 0) is 12.8 Å². The summed E-state index contributed by atoms with van der Waals surface area (Å²) in [6.07, 6.45) is 3.96. The molecule has 0 fully saturated rings. The second-order valence-electron chi connectivity index (χ2n) is 8.51. The van der Waals surface area contributed by atoms with Crippen LogP contribution in [0.25, 0.3) is 22.4 Å². The Morgan fingerprint density at radius 3 is 2.32 bits per heavy atom. The van der Waals surface area contributed by atoms with Crippen molar-refractivity contribution in [3.8, 4) is 5.69 Å². The first-order valence-electron chi connectivity index (χ1n) is 10.0. The van der Waals surface area contributed by atoms with Crippen LogP contribution in [-0.4, -0.2) is 29.1 Å². The maximum atomic E-state index is 4.78. The Bertz CT molecular complexity index is 1150. The summed E-state index contributed by atoms with van der Waals surface area (Å²) in [7, 11) is 0. The molecule has 0 radical (unpaired) electrons. The van der Waals surface area contributed by atoms with E-state index in [1.165, 1.54) is 0 Å². The molecule has 28 heavy (non-hydrogen) atoms. The summed E-state index contributed by atoms with van der Waals surface area (Å²) in [5.41, 5.74) is 5.81. The molecule has 3 aromatic heterocycles. The number of hydrogen-bond donors (Lipinski definition) is 0. The number of nitrogens with zero attached hydrogens (tertiary/aromatic N) is 6. The highest BCUT2D eigenvalue weighted by Gasteiger charge is 2.16. The maximum absolute atomic E-state index is 4.78. The summed E-state index contributed by atoms with van der Waals surface area (Å²) in [4.78, 5) is 9.53. The van der Waals surface area contributed by atoms with E-state index in [1.54, 1.807) is 0 Å². The number of hydrogen-bond acceptors (Lipinski definition) is 4. The molecule has 0 atom stereocenters. The molecule has 0 saturated carbocycles. The van der Waals surface area contributed by atoms with Gasteiger partial charge in [-0.05, 0) is 43.9 Å². The number of fused-ring (bicyclic) bond motifs is 3. The quantitative estimate of drug-likeness (QED) is 0.515. The molecule has 0 bridgehead atoms. The van der Waals surface area contributed by atoms with Crippen LogP contribution in [0, 0.1) is 25.7 Å². The summed E-state index contributed by atoms with van der Waals surface area (Å²) in [5.74, 6) is 3.20. The number of aryl methyl sites for hydroxylation is 2. The number of aromatic nitrogens is 6. The first kappa shape index (κ1) is 18.6. The minimum atomic E-state index is 0.519. The fourth-order valence-corrected chi connectivity index (χ4v) is 3.76. The molecule has 0 aliphatic rings. The largest absolute Gasteiger partial charge is 0.303 e. The third-order valence-electron chi connectivity index (χ3n) is 4.90. The molecule has 6 nitrogen and oxygen atoms in total. The van der Waals surface area contributed by atoms with Crippen molar-refractivity contribution in [3.05, 3.63) is 47.4 Å². The average molecular weight is 377 g/mol. The Balaban J connectivity index is 1.95. The monoisotopic (exact) mass is 376 g/mol. The van der Waals surface area contributed by atoms with Gasteiger partial charge in [0.2, 0.25) is 0 Å². The van der Waals surface area contributed by atoms with Crippen LogP contribution < -0.4 is 0 Å². The van der Waals surface area contributed by atoms with Gasteiger partial charge in [-0.15, -0.1) is 10.2 Å². The van der Waals surface area contributed by atoms with Gasteiger partial charge in [0.05, 0.1) is 16.9 Å². The van der Waals surface area contributed by atoms with Crippen molar-refractivity contribution in [1.82, 2.24) is 29.1 Å². The zero-order chi connectivity index (χ0) is 20.0. The predicted octanol–water partition coefficient (Wildman–Crippen LogP) is 4.48. The van der Waals surface area contributed by atoms with E-state index in [1.807, 2.05) is 19.9 Å². The normalized spacial score (nSPS) is 12.1. The van der Waals surface area contributed by atoms with Gasteiger partial charge in [-0.1, -0.05) is 27.7 Å². The van der Waals surface area contributed by atoms with Crippen LogP contribution in [0.1, 0.15) is 50.7 Å². The SMILES string of the molecule is Cc1cn(-c2ccc3nnc4c(C)nc(CC(C)C)n4c3c2)c(CC(C)C)n1. The topological polar surface area (TPSA) is 60.9 Å².